The van der Waals surface area contributed by atoms with Crippen molar-refractivity contribution in [1.29, 1.82) is 0 Å². The van der Waals surface area contributed by atoms with Crippen LogP contribution in [0.25, 0.3) is 0 Å². The first-order valence-corrected chi connectivity index (χ1v) is 11.2. The van der Waals surface area contributed by atoms with Crippen LogP contribution in [0.2, 0.25) is 0 Å². The van der Waals surface area contributed by atoms with E-state index in [2.05, 4.69) is 18.8 Å². The lowest BCUT2D eigenvalue weighted by Gasteiger charge is -2.34. The number of nitrogens with zero attached hydrogens (tertiary/aromatic N) is 3. The maximum absolute atomic E-state index is 13.4. The fourth-order valence-corrected chi connectivity index (χ4v) is 4.39. The number of hydrogen-bond donors (Lipinski definition) is 0. The molecule has 1 saturated heterocycles. The third kappa shape index (κ3) is 5.81. The van der Waals surface area contributed by atoms with Crippen molar-refractivity contribution in [2.45, 2.75) is 63.4 Å². The normalized spacial score (nSPS) is 19.6. The third-order valence-electron chi connectivity index (χ3n) is 5.04. The predicted octanol–water partition coefficient (Wildman–Crippen LogP) is 4.51. The Morgan fingerprint density at radius 3 is 2.63 bits per heavy atom. The van der Waals surface area contributed by atoms with Crippen LogP contribution in [0.4, 0.5) is 0 Å². The van der Waals surface area contributed by atoms with Gasteiger partial charge in [-0.1, -0.05) is 20.8 Å². The zero-order chi connectivity index (χ0) is 20.1. The van der Waals surface area contributed by atoms with Gasteiger partial charge in [-0.3, -0.25) is 9.59 Å². The third-order valence-corrected chi connectivity index (χ3v) is 6.78. The number of likely N-dealkylation sites (tertiary alicyclic amines) is 1. The lowest BCUT2D eigenvalue weighted by molar-refractivity contribution is -0.146. The molecule has 1 aliphatic rings. The van der Waals surface area contributed by atoms with Crippen LogP contribution in [-0.2, 0) is 9.59 Å². The molecule has 1 aromatic rings. The second kappa shape index (κ2) is 10.1. The monoisotopic (exact) mass is 433 g/mol. The van der Waals surface area contributed by atoms with Gasteiger partial charge in [-0.25, -0.2) is 4.98 Å². The summed E-state index contributed by atoms with van der Waals surface area (Å²) < 4.78 is 0. The summed E-state index contributed by atoms with van der Waals surface area (Å²) in [7, 11) is 1.71. The number of alkyl halides is 2. The zero-order valence-corrected chi connectivity index (χ0v) is 18.7. The van der Waals surface area contributed by atoms with Crippen LogP contribution in [-0.4, -0.2) is 51.1 Å². The van der Waals surface area contributed by atoms with Gasteiger partial charge in [-0.05, 0) is 31.1 Å². The molecule has 0 N–H and O–H groups in total. The summed E-state index contributed by atoms with van der Waals surface area (Å²) in [6.07, 6.45) is 4.51. The number of carbonyl (C=O) groups is 2. The molecule has 1 aliphatic heterocycles. The molecule has 1 aromatic heterocycles. The standard InChI is InChI=1S/C19H29Cl2N3O2S/c1-12(2)10-15(23(4)16(25)11-13(3)17(20)21)19(26)24-8-5-6-14(24)18-22-7-9-27-18/h7,9,12-15,17H,5-6,8,10-11H2,1-4H3/t13-,14-,15+/m0/s1. The fourth-order valence-electron chi connectivity index (χ4n) is 3.43. The van der Waals surface area contributed by atoms with Crippen molar-refractivity contribution >= 4 is 46.4 Å². The first-order valence-electron chi connectivity index (χ1n) is 9.46. The molecule has 8 heteroatoms. The highest BCUT2D eigenvalue weighted by Gasteiger charge is 2.38. The van der Waals surface area contributed by atoms with Crippen molar-refractivity contribution in [3.8, 4) is 0 Å². The van der Waals surface area contributed by atoms with Crippen molar-refractivity contribution in [2.24, 2.45) is 11.8 Å². The van der Waals surface area contributed by atoms with E-state index in [9.17, 15) is 9.59 Å². The van der Waals surface area contributed by atoms with Gasteiger partial charge in [0.1, 0.15) is 15.9 Å². The number of thiazole rings is 1. The van der Waals surface area contributed by atoms with Crippen molar-refractivity contribution in [3.63, 3.8) is 0 Å². The Bertz CT molecular complexity index is 624. The molecule has 0 bridgehead atoms. The Hall–Kier alpha value is -0.850. The molecular formula is C19H29Cl2N3O2S. The van der Waals surface area contributed by atoms with E-state index in [-0.39, 0.29) is 30.2 Å². The minimum atomic E-state index is -0.602. The predicted molar refractivity (Wildman–Crippen MR) is 111 cm³/mol. The van der Waals surface area contributed by atoms with E-state index in [1.54, 1.807) is 29.5 Å². The molecule has 5 nitrogen and oxygen atoms in total. The van der Waals surface area contributed by atoms with Crippen molar-refractivity contribution < 1.29 is 9.59 Å². The molecule has 2 rings (SSSR count). The molecule has 0 saturated carbocycles. The lowest BCUT2D eigenvalue weighted by atomic mass is 10.00. The Morgan fingerprint density at radius 1 is 1.37 bits per heavy atom. The number of aromatic nitrogens is 1. The van der Waals surface area contributed by atoms with Crippen LogP contribution in [0.5, 0.6) is 0 Å². The first kappa shape index (κ1) is 22.4. The van der Waals surface area contributed by atoms with Gasteiger partial charge in [0.05, 0.1) is 6.04 Å². The van der Waals surface area contributed by atoms with E-state index >= 15 is 0 Å². The fraction of sp³-hybridized carbons (Fsp3) is 0.737. The Kier molecular flexibility index (Phi) is 8.38. The number of amides is 2. The highest BCUT2D eigenvalue weighted by Crippen LogP contribution is 2.34. The van der Waals surface area contributed by atoms with Gasteiger partial charge in [-0.15, -0.1) is 34.5 Å². The first-order chi connectivity index (χ1) is 12.7. The highest BCUT2D eigenvalue weighted by atomic mass is 35.5. The molecule has 0 aliphatic carbocycles. The summed E-state index contributed by atoms with van der Waals surface area (Å²) in [5, 5.41) is 2.91. The SMILES string of the molecule is CC(C)C[C@H](C(=O)N1CCC[C@H]1c1nccs1)N(C)C(=O)C[C@H](C)C(Cl)Cl. The summed E-state index contributed by atoms with van der Waals surface area (Å²) in [6, 6.07) is -0.459. The van der Waals surface area contributed by atoms with Crippen LogP contribution in [0.1, 0.15) is 57.5 Å². The van der Waals surface area contributed by atoms with E-state index in [0.29, 0.717) is 18.9 Å². The van der Waals surface area contributed by atoms with E-state index in [0.717, 1.165) is 17.8 Å². The number of rotatable bonds is 8. The van der Waals surface area contributed by atoms with Gasteiger partial charge in [0.15, 0.2) is 0 Å². The largest absolute Gasteiger partial charge is 0.334 e. The van der Waals surface area contributed by atoms with Gasteiger partial charge >= 0.3 is 0 Å². The highest BCUT2D eigenvalue weighted by molar-refractivity contribution is 7.09. The lowest BCUT2D eigenvalue weighted by Crippen LogP contribution is -2.50. The maximum Gasteiger partial charge on any atom is 0.245 e. The Morgan fingerprint density at radius 2 is 2.07 bits per heavy atom. The van der Waals surface area contributed by atoms with Crippen LogP contribution < -0.4 is 0 Å². The van der Waals surface area contributed by atoms with Crippen molar-refractivity contribution in [2.75, 3.05) is 13.6 Å². The number of hydrogen-bond acceptors (Lipinski definition) is 4. The van der Waals surface area contributed by atoms with Gasteiger partial charge in [-0.2, -0.15) is 0 Å². The van der Waals surface area contributed by atoms with Crippen molar-refractivity contribution in [1.82, 2.24) is 14.8 Å². The molecule has 1 fully saturated rings. The summed E-state index contributed by atoms with van der Waals surface area (Å²) in [4.78, 5) is 33.4. The maximum atomic E-state index is 13.4. The number of likely N-dealkylation sites (N-methyl/N-ethyl adjacent to an activating group) is 1. The Balaban J connectivity index is 2.16. The van der Waals surface area contributed by atoms with Crippen LogP contribution in [0.3, 0.4) is 0 Å². The topological polar surface area (TPSA) is 53.5 Å². The van der Waals surface area contributed by atoms with Gasteiger partial charge in [0.25, 0.3) is 0 Å². The van der Waals surface area contributed by atoms with Gasteiger partial charge in [0, 0.05) is 31.6 Å². The molecule has 3 atom stereocenters. The van der Waals surface area contributed by atoms with E-state index < -0.39 is 10.9 Å². The van der Waals surface area contributed by atoms with E-state index in [1.807, 2.05) is 17.2 Å². The molecule has 0 spiro atoms. The molecule has 0 unspecified atom stereocenters. The van der Waals surface area contributed by atoms with E-state index in [4.69, 9.17) is 23.2 Å². The minimum Gasteiger partial charge on any atom is -0.334 e. The van der Waals surface area contributed by atoms with Crippen LogP contribution in [0, 0.1) is 11.8 Å². The summed E-state index contributed by atoms with van der Waals surface area (Å²) >= 11 is 13.4. The van der Waals surface area contributed by atoms with Crippen LogP contribution >= 0.6 is 34.5 Å². The summed E-state index contributed by atoms with van der Waals surface area (Å²) in [5.41, 5.74) is 0. The second-order valence-electron chi connectivity index (χ2n) is 7.73. The van der Waals surface area contributed by atoms with Crippen molar-refractivity contribution in [3.05, 3.63) is 16.6 Å². The number of halogens is 2. The summed E-state index contributed by atoms with van der Waals surface area (Å²) in [6.45, 7) is 6.68. The Labute approximate surface area is 176 Å². The molecule has 27 heavy (non-hydrogen) atoms. The molecule has 0 radical (unpaired) electrons. The smallest absolute Gasteiger partial charge is 0.245 e. The molecule has 2 heterocycles. The van der Waals surface area contributed by atoms with E-state index in [1.165, 1.54) is 0 Å². The average Bonchev–Trinajstić information content (AvgIpc) is 3.28. The molecule has 0 aromatic carbocycles. The van der Waals surface area contributed by atoms with Gasteiger partial charge < -0.3 is 9.80 Å². The number of carbonyl (C=O) groups excluding carboxylic acids is 2. The molecule has 152 valence electrons. The summed E-state index contributed by atoms with van der Waals surface area (Å²) in [5.74, 6) is 0.0466. The molecular weight excluding hydrogens is 405 g/mol. The minimum absolute atomic E-state index is 0.0122. The van der Waals surface area contributed by atoms with Gasteiger partial charge in [0.2, 0.25) is 11.8 Å². The average molecular weight is 434 g/mol. The zero-order valence-electron chi connectivity index (χ0n) is 16.4. The molecule has 2 amide bonds. The van der Waals surface area contributed by atoms with Crippen LogP contribution in [0.15, 0.2) is 11.6 Å². The second-order valence-corrected chi connectivity index (χ2v) is 9.82. The quantitative estimate of drug-likeness (QED) is 0.566.